The number of hydrogen-bond acceptors (Lipinski definition) is 1. The highest BCUT2D eigenvalue weighted by Gasteiger charge is 2.55. The Morgan fingerprint density at radius 2 is 1.90 bits per heavy atom. The minimum Gasteiger partial charge on any atom is -0.317 e. The van der Waals surface area contributed by atoms with Gasteiger partial charge in [-0.05, 0) is 80.4 Å². The van der Waals surface area contributed by atoms with Crippen LogP contribution < -0.4 is 5.32 Å². The second-order valence-electron chi connectivity index (χ2n) is 7.25. The van der Waals surface area contributed by atoms with Gasteiger partial charge in [0.05, 0.1) is 0 Å². The Bertz CT molecular complexity index is 470. The van der Waals surface area contributed by atoms with Crippen LogP contribution in [0, 0.1) is 17.8 Å². The molecule has 2 fully saturated rings. The first-order chi connectivity index (χ1) is 9.88. The van der Waals surface area contributed by atoms with Crippen molar-refractivity contribution in [3.05, 3.63) is 35.4 Å². The highest BCUT2D eigenvalue weighted by Crippen LogP contribution is 2.60. The third-order valence-electron chi connectivity index (χ3n) is 6.34. The van der Waals surface area contributed by atoms with E-state index in [0.29, 0.717) is 0 Å². The summed E-state index contributed by atoms with van der Waals surface area (Å²) in [6.45, 7) is 0. The van der Waals surface area contributed by atoms with E-state index in [1.165, 1.54) is 44.9 Å². The number of hydrogen-bond donors (Lipinski definition) is 1. The van der Waals surface area contributed by atoms with Crippen molar-refractivity contribution in [1.82, 2.24) is 5.32 Å². The fourth-order valence-electron chi connectivity index (χ4n) is 5.35. The smallest absolute Gasteiger partial charge is 0.0104 e. The summed E-state index contributed by atoms with van der Waals surface area (Å²) in [6.07, 6.45) is 9.96. The van der Waals surface area contributed by atoms with E-state index in [1.54, 1.807) is 11.1 Å². The minimum atomic E-state index is 0.765. The predicted molar refractivity (Wildman–Crippen MR) is 83.9 cm³/mol. The topological polar surface area (TPSA) is 12.0 Å². The van der Waals surface area contributed by atoms with Crippen molar-refractivity contribution >= 4 is 0 Å². The lowest BCUT2D eigenvalue weighted by atomic mass is 9.78. The lowest BCUT2D eigenvalue weighted by molar-refractivity contribution is 0.364. The molecule has 4 rings (SSSR count). The van der Waals surface area contributed by atoms with Gasteiger partial charge in [0, 0.05) is 6.04 Å². The molecule has 0 aliphatic heterocycles. The zero-order valence-electron chi connectivity index (χ0n) is 12.6. The van der Waals surface area contributed by atoms with Gasteiger partial charge in [-0.15, -0.1) is 0 Å². The van der Waals surface area contributed by atoms with Crippen LogP contribution in [-0.2, 0) is 6.42 Å². The number of aryl methyl sites for hydroxylation is 1. The Morgan fingerprint density at radius 3 is 2.70 bits per heavy atom. The van der Waals surface area contributed by atoms with Gasteiger partial charge in [-0.25, -0.2) is 0 Å². The summed E-state index contributed by atoms with van der Waals surface area (Å²) in [5.74, 6) is 3.96. The van der Waals surface area contributed by atoms with Crippen LogP contribution in [-0.4, -0.2) is 13.1 Å². The van der Waals surface area contributed by atoms with Crippen LogP contribution in [0.5, 0.6) is 0 Å². The van der Waals surface area contributed by atoms with Crippen LogP contribution in [0.2, 0.25) is 0 Å². The molecule has 4 unspecified atom stereocenters. The maximum atomic E-state index is 3.67. The number of benzene rings is 1. The molecule has 20 heavy (non-hydrogen) atoms. The molecule has 3 aliphatic carbocycles. The first-order valence-electron chi connectivity index (χ1n) is 8.63. The molecular formula is C19H27N. The van der Waals surface area contributed by atoms with Gasteiger partial charge in [0.1, 0.15) is 0 Å². The van der Waals surface area contributed by atoms with Gasteiger partial charge in [-0.1, -0.05) is 30.7 Å². The summed E-state index contributed by atoms with van der Waals surface area (Å²) in [4.78, 5) is 0. The van der Waals surface area contributed by atoms with E-state index >= 15 is 0 Å². The highest BCUT2D eigenvalue weighted by molar-refractivity contribution is 5.32. The molecule has 1 aromatic rings. The van der Waals surface area contributed by atoms with Gasteiger partial charge in [-0.2, -0.15) is 0 Å². The van der Waals surface area contributed by atoms with E-state index in [-0.39, 0.29) is 0 Å². The Labute approximate surface area is 123 Å². The maximum absolute atomic E-state index is 3.67. The molecule has 0 aromatic heterocycles. The molecule has 2 saturated carbocycles. The third-order valence-corrected chi connectivity index (χ3v) is 6.34. The molecule has 4 atom stereocenters. The van der Waals surface area contributed by atoms with Crippen LogP contribution >= 0.6 is 0 Å². The van der Waals surface area contributed by atoms with Gasteiger partial charge in [-0.3, -0.25) is 0 Å². The first-order valence-corrected chi connectivity index (χ1v) is 8.63. The monoisotopic (exact) mass is 269 g/mol. The largest absolute Gasteiger partial charge is 0.317 e. The van der Waals surface area contributed by atoms with Crippen molar-refractivity contribution in [2.24, 2.45) is 17.8 Å². The summed E-state index contributed by atoms with van der Waals surface area (Å²) in [5, 5.41) is 3.67. The van der Waals surface area contributed by atoms with Gasteiger partial charge >= 0.3 is 0 Å². The molecule has 1 N–H and O–H groups in total. The van der Waals surface area contributed by atoms with Crippen LogP contribution in [0.3, 0.4) is 0 Å². The lowest BCUT2D eigenvalue weighted by Crippen LogP contribution is -2.32. The molecule has 108 valence electrons. The Balaban J connectivity index is 1.48. The van der Waals surface area contributed by atoms with Crippen molar-refractivity contribution in [3.63, 3.8) is 0 Å². The van der Waals surface area contributed by atoms with Gasteiger partial charge < -0.3 is 5.32 Å². The molecule has 0 amide bonds. The molecule has 0 radical (unpaired) electrons. The Kier molecular flexibility index (Phi) is 3.34. The fourth-order valence-corrected chi connectivity index (χ4v) is 5.35. The summed E-state index contributed by atoms with van der Waals surface area (Å²) in [7, 11) is 2.19. The normalized spacial score (nSPS) is 36.2. The zero-order chi connectivity index (χ0) is 13.5. The van der Waals surface area contributed by atoms with Crippen LogP contribution in [0.4, 0.5) is 0 Å². The average molecular weight is 269 g/mol. The second-order valence-corrected chi connectivity index (χ2v) is 7.25. The maximum Gasteiger partial charge on any atom is 0.0104 e. The van der Waals surface area contributed by atoms with E-state index in [1.807, 2.05) is 0 Å². The molecule has 1 nitrogen and oxygen atoms in total. The van der Waals surface area contributed by atoms with Crippen LogP contribution in [0.1, 0.15) is 55.6 Å². The van der Waals surface area contributed by atoms with Gasteiger partial charge in [0.15, 0.2) is 0 Å². The highest BCUT2D eigenvalue weighted by atomic mass is 14.9. The summed E-state index contributed by atoms with van der Waals surface area (Å²) < 4.78 is 0. The van der Waals surface area contributed by atoms with E-state index < -0.39 is 0 Å². The zero-order valence-corrected chi connectivity index (χ0v) is 12.6. The molecule has 1 aromatic carbocycles. The van der Waals surface area contributed by atoms with Crippen LogP contribution in [0.25, 0.3) is 0 Å². The average Bonchev–Trinajstić information content (AvgIpc) is 2.96. The summed E-state index contributed by atoms with van der Waals surface area (Å²) in [5.41, 5.74) is 3.28. The number of rotatable bonds is 4. The Morgan fingerprint density at radius 1 is 1.10 bits per heavy atom. The molecule has 0 heterocycles. The van der Waals surface area contributed by atoms with Crippen molar-refractivity contribution in [2.45, 2.75) is 56.9 Å². The quantitative estimate of drug-likeness (QED) is 0.866. The van der Waals surface area contributed by atoms with Gasteiger partial charge in [0.25, 0.3) is 0 Å². The molecule has 0 bridgehead atoms. The molecule has 3 aliphatic rings. The van der Waals surface area contributed by atoms with Crippen molar-refractivity contribution in [3.8, 4) is 0 Å². The summed E-state index contributed by atoms with van der Waals surface area (Å²) in [6, 6.07) is 9.95. The van der Waals surface area contributed by atoms with Crippen molar-refractivity contribution in [2.75, 3.05) is 7.05 Å². The lowest BCUT2D eigenvalue weighted by Gasteiger charge is -2.29. The molecular weight excluding hydrogens is 242 g/mol. The van der Waals surface area contributed by atoms with E-state index in [4.69, 9.17) is 0 Å². The SMILES string of the molecule is CNC(CC1CCCc2ccccc21)C1C2CCCC21. The fraction of sp³-hybridized carbons (Fsp3) is 0.684. The van der Waals surface area contributed by atoms with Crippen molar-refractivity contribution < 1.29 is 0 Å². The van der Waals surface area contributed by atoms with E-state index in [9.17, 15) is 0 Å². The number of nitrogens with one attached hydrogen (secondary N) is 1. The number of fused-ring (bicyclic) bond motifs is 2. The predicted octanol–water partition coefficient (Wildman–Crippen LogP) is 4.13. The molecule has 0 spiro atoms. The summed E-state index contributed by atoms with van der Waals surface area (Å²) >= 11 is 0. The first kappa shape index (κ1) is 12.9. The third kappa shape index (κ3) is 2.11. The van der Waals surface area contributed by atoms with E-state index in [0.717, 1.165) is 29.7 Å². The van der Waals surface area contributed by atoms with E-state index in [2.05, 4.69) is 36.6 Å². The molecule has 0 saturated heterocycles. The Hall–Kier alpha value is -0.820. The second kappa shape index (κ2) is 5.18. The van der Waals surface area contributed by atoms with Gasteiger partial charge in [0.2, 0.25) is 0 Å². The van der Waals surface area contributed by atoms with Crippen LogP contribution in [0.15, 0.2) is 24.3 Å². The minimum absolute atomic E-state index is 0.765. The standard InChI is InChI=1S/C19H27N/c1-20-18(19-16-10-5-11-17(16)19)12-14-8-4-7-13-6-2-3-9-15(13)14/h2-3,6,9,14,16-20H,4-5,7-8,10-12H2,1H3. The molecule has 1 heteroatoms. The van der Waals surface area contributed by atoms with Crippen molar-refractivity contribution in [1.29, 1.82) is 0 Å².